The number of fused-ring (bicyclic) bond motifs is 8. The van der Waals surface area contributed by atoms with E-state index in [-0.39, 0.29) is 0 Å². The highest BCUT2D eigenvalue weighted by Gasteiger charge is 2.21. The van der Waals surface area contributed by atoms with Crippen LogP contribution in [0, 0.1) is 0 Å². The summed E-state index contributed by atoms with van der Waals surface area (Å²) < 4.78 is 23.9. The molecule has 38 heavy (non-hydrogen) atoms. The van der Waals surface area contributed by atoms with Crippen molar-refractivity contribution in [3.8, 4) is 23.0 Å². The highest BCUT2D eigenvalue weighted by molar-refractivity contribution is 5.77. The van der Waals surface area contributed by atoms with Gasteiger partial charge in [-0.05, 0) is 56.6 Å². The molecule has 0 radical (unpaired) electrons. The van der Waals surface area contributed by atoms with Gasteiger partial charge in [-0.25, -0.2) is 0 Å². The molecule has 0 saturated heterocycles. The Morgan fingerprint density at radius 2 is 0.737 bits per heavy atom. The van der Waals surface area contributed by atoms with Gasteiger partial charge in [0.1, 0.15) is 29.3 Å². The summed E-state index contributed by atoms with van der Waals surface area (Å²) in [5.74, 6) is 3.31. The van der Waals surface area contributed by atoms with Crippen molar-refractivity contribution < 1.29 is 23.7 Å². The molecular weight excluding hydrogens is 476 g/mol. The molecule has 8 bridgehead atoms. The van der Waals surface area contributed by atoms with Crippen molar-refractivity contribution in [2.45, 2.75) is 25.7 Å². The van der Waals surface area contributed by atoms with Gasteiger partial charge in [0.25, 0.3) is 0 Å². The zero-order valence-corrected chi connectivity index (χ0v) is 22.3. The normalized spacial score (nSPS) is 12.4. The van der Waals surface area contributed by atoms with Crippen LogP contribution in [0.5, 0.6) is 23.0 Å². The minimum atomic E-state index is 0.559. The molecule has 0 atom stereocenters. The van der Waals surface area contributed by atoms with Crippen molar-refractivity contribution in [2.75, 3.05) is 28.4 Å². The molecule has 0 saturated carbocycles. The Morgan fingerprint density at radius 1 is 0.474 bits per heavy atom. The first-order valence-electron chi connectivity index (χ1n) is 12.7. The lowest BCUT2D eigenvalue weighted by molar-refractivity contribution is 0.112. The number of ether oxygens (including phenoxy) is 4. The van der Waals surface area contributed by atoms with Gasteiger partial charge in [-0.3, -0.25) is 4.79 Å². The molecule has 0 spiro atoms. The fraction of sp³-hybridized carbons (Fsp3) is 0.242. The first-order valence-corrected chi connectivity index (χ1v) is 12.7. The summed E-state index contributed by atoms with van der Waals surface area (Å²) in [4.78, 5) is 12.0. The van der Waals surface area contributed by atoms with Gasteiger partial charge in [-0.2, -0.15) is 0 Å². The molecule has 0 fully saturated rings. The lowest BCUT2D eigenvalue weighted by atomic mass is 9.90. The molecular formula is C33H32O5. The average Bonchev–Trinajstić information content (AvgIpc) is 2.93. The summed E-state index contributed by atoms with van der Waals surface area (Å²) in [6.07, 6.45) is 3.32. The summed E-state index contributed by atoms with van der Waals surface area (Å²) in [5, 5.41) is 0. The van der Waals surface area contributed by atoms with Crippen LogP contribution in [0.2, 0.25) is 0 Å². The topological polar surface area (TPSA) is 54.0 Å². The molecule has 5 heteroatoms. The van der Waals surface area contributed by atoms with E-state index in [2.05, 4.69) is 54.6 Å². The zero-order chi connectivity index (χ0) is 26.6. The third-order valence-corrected chi connectivity index (χ3v) is 7.28. The second-order valence-corrected chi connectivity index (χ2v) is 9.53. The SMILES string of the molecule is COc1c2cccc1Cc1cccc(c1OC)Cc1cc(C=O)cc(c1OC)Cc1cccc(c1OC)C2. The largest absolute Gasteiger partial charge is 0.496 e. The molecule has 1 aliphatic carbocycles. The van der Waals surface area contributed by atoms with E-state index in [9.17, 15) is 4.79 Å². The Hall–Kier alpha value is -4.25. The third-order valence-electron chi connectivity index (χ3n) is 7.28. The van der Waals surface area contributed by atoms with Gasteiger partial charge < -0.3 is 18.9 Å². The standard InChI is InChI=1S/C33H32O5/c1-35-30-22-8-5-9-23(30)17-25-11-7-13-27(32(25)37-3)19-29-15-21(20-34)14-28(33(29)38-4)18-26-12-6-10-24(16-22)31(26)36-2/h5-15,20H,16-19H2,1-4H3. The van der Waals surface area contributed by atoms with Crippen LogP contribution in [-0.2, 0) is 25.7 Å². The number of para-hydroxylation sites is 3. The van der Waals surface area contributed by atoms with Gasteiger partial charge in [-0.1, -0.05) is 54.6 Å². The Bertz CT molecular complexity index is 1390. The highest BCUT2D eigenvalue weighted by atomic mass is 16.5. The number of rotatable bonds is 5. The quantitative estimate of drug-likeness (QED) is 0.264. The number of aldehydes is 1. The van der Waals surface area contributed by atoms with Gasteiger partial charge in [0.15, 0.2) is 0 Å². The maximum absolute atomic E-state index is 12.0. The molecule has 1 aliphatic rings. The fourth-order valence-corrected chi connectivity index (χ4v) is 5.73. The molecule has 0 N–H and O–H groups in total. The molecule has 194 valence electrons. The van der Waals surface area contributed by atoms with E-state index in [1.165, 1.54) is 0 Å². The summed E-state index contributed by atoms with van der Waals surface area (Å²) in [6, 6.07) is 22.5. The third kappa shape index (κ3) is 4.72. The predicted molar refractivity (Wildman–Crippen MR) is 149 cm³/mol. The number of benzene rings is 4. The molecule has 0 unspecified atom stereocenters. The van der Waals surface area contributed by atoms with Gasteiger partial charge in [0.2, 0.25) is 0 Å². The smallest absolute Gasteiger partial charge is 0.150 e. The molecule has 0 aromatic heterocycles. The van der Waals surface area contributed by atoms with E-state index in [1.807, 2.05) is 12.1 Å². The number of carbonyl (C=O) groups excluding carboxylic acids is 1. The molecule has 0 aliphatic heterocycles. The van der Waals surface area contributed by atoms with Crippen molar-refractivity contribution in [3.63, 3.8) is 0 Å². The molecule has 0 heterocycles. The van der Waals surface area contributed by atoms with E-state index >= 15 is 0 Å². The van der Waals surface area contributed by atoms with Crippen molar-refractivity contribution in [1.29, 1.82) is 0 Å². The Labute approximate surface area is 223 Å². The van der Waals surface area contributed by atoms with Crippen LogP contribution >= 0.6 is 0 Å². The molecule has 4 aromatic carbocycles. The first kappa shape index (κ1) is 25.4. The van der Waals surface area contributed by atoms with Crippen molar-refractivity contribution >= 4 is 6.29 Å². The predicted octanol–water partition coefficient (Wildman–Crippen LogP) is 6.21. The number of methoxy groups -OCH3 is 4. The van der Waals surface area contributed by atoms with Gasteiger partial charge in [0, 0.05) is 31.2 Å². The van der Waals surface area contributed by atoms with E-state index in [0.29, 0.717) is 31.2 Å². The van der Waals surface area contributed by atoms with Crippen LogP contribution in [0.15, 0.2) is 66.7 Å². The average molecular weight is 509 g/mol. The van der Waals surface area contributed by atoms with Crippen LogP contribution in [0.1, 0.15) is 54.9 Å². The first-order chi connectivity index (χ1) is 18.6. The van der Waals surface area contributed by atoms with Gasteiger partial charge in [-0.15, -0.1) is 0 Å². The lowest BCUT2D eigenvalue weighted by Gasteiger charge is -2.21. The maximum atomic E-state index is 12.0. The Kier molecular flexibility index (Phi) is 7.36. The van der Waals surface area contributed by atoms with Crippen LogP contribution in [0.3, 0.4) is 0 Å². The highest BCUT2D eigenvalue weighted by Crippen LogP contribution is 2.38. The maximum Gasteiger partial charge on any atom is 0.150 e. The minimum absolute atomic E-state index is 0.559. The van der Waals surface area contributed by atoms with E-state index in [4.69, 9.17) is 18.9 Å². The van der Waals surface area contributed by atoms with Gasteiger partial charge in [0.05, 0.1) is 28.4 Å². The Morgan fingerprint density at radius 3 is 1.00 bits per heavy atom. The van der Waals surface area contributed by atoms with E-state index < -0.39 is 0 Å². The number of carbonyl (C=O) groups is 1. The molecule has 5 nitrogen and oxygen atoms in total. The second kappa shape index (κ2) is 11.0. The summed E-state index contributed by atoms with van der Waals surface area (Å²) in [6.45, 7) is 0. The number of hydrogen-bond acceptors (Lipinski definition) is 5. The number of hydrogen-bond donors (Lipinski definition) is 0. The van der Waals surface area contributed by atoms with Crippen LogP contribution in [0.25, 0.3) is 0 Å². The molecule has 5 rings (SSSR count). The van der Waals surface area contributed by atoms with E-state index in [1.54, 1.807) is 28.4 Å². The van der Waals surface area contributed by atoms with Crippen LogP contribution in [0.4, 0.5) is 0 Å². The second-order valence-electron chi connectivity index (χ2n) is 9.53. The Balaban J connectivity index is 1.79. The lowest BCUT2D eigenvalue weighted by Crippen LogP contribution is -2.07. The van der Waals surface area contributed by atoms with Crippen molar-refractivity contribution in [1.82, 2.24) is 0 Å². The van der Waals surface area contributed by atoms with Gasteiger partial charge >= 0.3 is 0 Å². The minimum Gasteiger partial charge on any atom is -0.496 e. The summed E-state index contributed by atoms with van der Waals surface area (Å²) in [7, 11) is 6.82. The van der Waals surface area contributed by atoms with Crippen molar-refractivity contribution in [3.05, 3.63) is 117 Å². The summed E-state index contributed by atoms with van der Waals surface area (Å²) >= 11 is 0. The van der Waals surface area contributed by atoms with Crippen molar-refractivity contribution in [2.24, 2.45) is 0 Å². The molecule has 0 amide bonds. The monoisotopic (exact) mass is 508 g/mol. The van der Waals surface area contributed by atoms with E-state index in [0.717, 1.165) is 73.8 Å². The fourth-order valence-electron chi connectivity index (χ4n) is 5.73. The molecule has 4 aromatic rings. The van der Waals surface area contributed by atoms with Crippen LogP contribution in [-0.4, -0.2) is 34.7 Å². The zero-order valence-electron chi connectivity index (χ0n) is 22.3. The summed E-state index contributed by atoms with van der Waals surface area (Å²) in [5.41, 5.74) is 8.85. The van der Waals surface area contributed by atoms with Crippen LogP contribution < -0.4 is 18.9 Å².